The highest BCUT2D eigenvalue weighted by molar-refractivity contribution is 7.89. The molecule has 1 aromatic heterocycles. The highest BCUT2D eigenvalue weighted by Gasteiger charge is 2.38. The molecule has 42 heavy (non-hydrogen) atoms. The molecule has 0 aliphatic carbocycles. The van der Waals surface area contributed by atoms with Crippen molar-refractivity contribution < 1.29 is 27.2 Å². The van der Waals surface area contributed by atoms with Crippen LogP contribution >= 0.6 is 11.6 Å². The Bertz CT molecular complexity index is 1780. The Hall–Kier alpha value is -4.44. The maximum Gasteiger partial charge on any atom is 0.343 e. The predicted octanol–water partition coefficient (Wildman–Crippen LogP) is 6.20. The lowest BCUT2D eigenvalue weighted by molar-refractivity contribution is -0.137. The molecule has 0 atom stereocenters. The molecule has 5 rings (SSSR count). The minimum Gasteiger partial charge on any atom is -0.465 e. The fourth-order valence-corrected chi connectivity index (χ4v) is 6.22. The molecule has 0 radical (unpaired) electrons. The number of esters is 1. The van der Waals surface area contributed by atoms with Crippen molar-refractivity contribution in [3.63, 3.8) is 0 Å². The van der Waals surface area contributed by atoms with Crippen LogP contribution in [0, 0.1) is 0 Å². The Kier molecular flexibility index (Phi) is 8.44. The van der Waals surface area contributed by atoms with Gasteiger partial charge < -0.3 is 14.1 Å². The van der Waals surface area contributed by atoms with Gasteiger partial charge in [-0.15, -0.1) is 0 Å². The first-order valence-corrected chi connectivity index (χ1v) is 14.8. The van der Waals surface area contributed by atoms with Crippen LogP contribution in [0.15, 0.2) is 123 Å². The monoisotopic (exact) mass is 602 g/mol. The van der Waals surface area contributed by atoms with Crippen LogP contribution in [0.25, 0.3) is 6.08 Å². The van der Waals surface area contributed by atoms with Crippen molar-refractivity contribution in [2.75, 3.05) is 12.0 Å². The summed E-state index contributed by atoms with van der Waals surface area (Å²) < 4.78 is 39.6. The summed E-state index contributed by atoms with van der Waals surface area (Å²) in [6.45, 7) is 1.72. The quantitative estimate of drug-likeness (QED) is 0.128. The zero-order valence-electron chi connectivity index (χ0n) is 22.9. The van der Waals surface area contributed by atoms with E-state index < -0.39 is 21.8 Å². The smallest absolute Gasteiger partial charge is 0.343 e. The molecule has 1 aliphatic heterocycles. The molecule has 0 bridgehead atoms. The lowest BCUT2D eigenvalue weighted by atomic mass is 10.1. The number of anilines is 1. The summed E-state index contributed by atoms with van der Waals surface area (Å²) in [4.78, 5) is 27.6. The Morgan fingerprint density at radius 2 is 1.57 bits per heavy atom. The highest BCUT2D eigenvalue weighted by atomic mass is 35.5. The third-order valence-corrected chi connectivity index (χ3v) is 8.81. The van der Waals surface area contributed by atoms with Gasteiger partial charge in [-0.3, -0.25) is 4.79 Å². The second kappa shape index (κ2) is 12.2. The van der Waals surface area contributed by atoms with E-state index in [1.54, 1.807) is 24.0 Å². The van der Waals surface area contributed by atoms with Gasteiger partial charge in [0.15, 0.2) is 0 Å². The molecule has 0 spiro atoms. The molecule has 8 nitrogen and oxygen atoms in total. The molecule has 0 N–H and O–H groups in total. The fraction of sp³-hybridized carbons (Fsp3) is 0.125. The van der Waals surface area contributed by atoms with Gasteiger partial charge in [-0.05, 0) is 61.0 Å². The summed E-state index contributed by atoms with van der Waals surface area (Å²) in [5, 5.41) is 0.429. The Morgan fingerprint density at radius 1 is 0.929 bits per heavy atom. The van der Waals surface area contributed by atoms with E-state index >= 15 is 0 Å². The van der Waals surface area contributed by atoms with Crippen molar-refractivity contribution >= 4 is 45.1 Å². The van der Waals surface area contributed by atoms with Gasteiger partial charge in [0, 0.05) is 29.0 Å². The lowest BCUT2D eigenvalue weighted by Crippen LogP contribution is -2.30. The summed E-state index contributed by atoms with van der Waals surface area (Å²) in [6.07, 6.45) is 1.54. The van der Waals surface area contributed by atoms with Gasteiger partial charge in [0.25, 0.3) is 0 Å². The van der Waals surface area contributed by atoms with E-state index in [1.807, 2.05) is 60.7 Å². The number of halogens is 1. The zero-order chi connectivity index (χ0) is 29.9. The van der Waals surface area contributed by atoms with Crippen LogP contribution in [0.3, 0.4) is 0 Å². The summed E-state index contributed by atoms with van der Waals surface area (Å²) in [6, 6.07) is 27.7. The molecule has 214 valence electrons. The SMILES string of the molecule is COC(=O)C1=C(C)N(c2ccccc2)/C(=C/c2ccc(CN(Cc3ccccc3)S(=O)(=O)c3ccc(Cl)cc3)o2)C1=O. The summed E-state index contributed by atoms with van der Waals surface area (Å²) in [7, 11) is -2.70. The van der Waals surface area contributed by atoms with Crippen LogP contribution < -0.4 is 4.90 Å². The molecule has 0 amide bonds. The van der Waals surface area contributed by atoms with E-state index in [2.05, 4.69) is 0 Å². The van der Waals surface area contributed by atoms with Crippen LogP contribution in [-0.2, 0) is 37.4 Å². The Labute approximate surface area is 249 Å². The number of allylic oxidation sites excluding steroid dienone is 2. The van der Waals surface area contributed by atoms with Crippen molar-refractivity contribution in [1.82, 2.24) is 4.31 Å². The number of sulfonamides is 1. The lowest BCUT2D eigenvalue weighted by Gasteiger charge is -2.22. The predicted molar refractivity (Wildman–Crippen MR) is 160 cm³/mol. The van der Waals surface area contributed by atoms with Gasteiger partial charge in [-0.1, -0.05) is 60.1 Å². The molecule has 2 heterocycles. The number of ether oxygens (including phenoxy) is 1. The van der Waals surface area contributed by atoms with Crippen LogP contribution in [0.4, 0.5) is 5.69 Å². The summed E-state index contributed by atoms with van der Waals surface area (Å²) >= 11 is 5.99. The van der Waals surface area contributed by atoms with E-state index in [9.17, 15) is 18.0 Å². The number of carbonyl (C=O) groups is 2. The number of rotatable bonds is 9. The van der Waals surface area contributed by atoms with Gasteiger partial charge in [0.05, 0.1) is 24.2 Å². The van der Waals surface area contributed by atoms with Gasteiger partial charge >= 0.3 is 5.97 Å². The third kappa shape index (κ3) is 5.94. The van der Waals surface area contributed by atoms with Crippen LogP contribution in [0.1, 0.15) is 24.0 Å². The molecule has 3 aromatic carbocycles. The zero-order valence-corrected chi connectivity index (χ0v) is 24.4. The maximum absolute atomic E-state index is 13.7. The molecular weight excluding hydrogens is 576 g/mol. The van der Waals surface area contributed by atoms with Gasteiger partial charge in [-0.25, -0.2) is 13.2 Å². The van der Waals surface area contributed by atoms with E-state index in [0.29, 0.717) is 27.9 Å². The molecule has 1 aliphatic rings. The highest BCUT2D eigenvalue weighted by Crippen LogP contribution is 2.36. The summed E-state index contributed by atoms with van der Waals surface area (Å²) in [5.41, 5.74) is 2.05. The number of hydrogen-bond donors (Lipinski definition) is 0. The first kappa shape index (κ1) is 29.1. The number of methoxy groups -OCH3 is 1. The average molecular weight is 603 g/mol. The average Bonchev–Trinajstić information content (AvgIpc) is 3.54. The Balaban J connectivity index is 1.48. The third-order valence-electron chi connectivity index (χ3n) is 6.75. The minimum absolute atomic E-state index is 0.0654. The fourth-order valence-electron chi connectivity index (χ4n) is 4.70. The van der Waals surface area contributed by atoms with E-state index in [-0.39, 0.29) is 29.3 Å². The van der Waals surface area contributed by atoms with Crippen LogP contribution in [0.5, 0.6) is 0 Å². The normalized spacial score (nSPS) is 14.7. The van der Waals surface area contributed by atoms with Gasteiger partial charge in [0.1, 0.15) is 17.1 Å². The van der Waals surface area contributed by atoms with E-state index in [0.717, 1.165) is 5.56 Å². The molecule has 0 saturated heterocycles. The van der Waals surface area contributed by atoms with Gasteiger partial charge in [-0.2, -0.15) is 4.31 Å². The number of para-hydroxylation sites is 1. The second-order valence-corrected chi connectivity index (χ2v) is 11.9. The number of carbonyl (C=O) groups excluding carboxylic acids is 2. The van der Waals surface area contributed by atoms with E-state index in [1.165, 1.54) is 41.8 Å². The number of nitrogens with zero attached hydrogens (tertiary/aromatic N) is 2. The van der Waals surface area contributed by atoms with E-state index in [4.69, 9.17) is 20.8 Å². The molecule has 0 fully saturated rings. The summed E-state index contributed by atoms with van der Waals surface area (Å²) in [5.74, 6) is -0.551. The first-order chi connectivity index (χ1) is 20.2. The molecule has 10 heteroatoms. The largest absolute Gasteiger partial charge is 0.465 e. The topological polar surface area (TPSA) is 97.1 Å². The molecule has 0 unspecified atom stereocenters. The van der Waals surface area contributed by atoms with Crippen molar-refractivity contribution in [2.45, 2.75) is 24.9 Å². The van der Waals surface area contributed by atoms with Gasteiger partial charge in [0.2, 0.25) is 15.8 Å². The number of hydrogen-bond acceptors (Lipinski definition) is 7. The first-order valence-electron chi connectivity index (χ1n) is 13.0. The van der Waals surface area contributed by atoms with Crippen molar-refractivity contribution in [1.29, 1.82) is 0 Å². The van der Waals surface area contributed by atoms with Crippen molar-refractivity contribution in [3.05, 3.63) is 136 Å². The second-order valence-electron chi connectivity index (χ2n) is 9.50. The molecule has 4 aromatic rings. The number of Topliss-reactive ketones (excluding diaryl/α,β-unsaturated/α-hetero) is 1. The van der Waals surface area contributed by atoms with Crippen LogP contribution in [-0.4, -0.2) is 31.6 Å². The standard InChI is InChI=1S/C32H27ClN2O6S/c1-22-30(32(37)40-2)31(36)29(35(22)25-11-7-4-8-12-25)19-26-15-16-27(41-26)21-34(20-23-9-5-3-6-10-23)42(38,39)28-17-13-24(33)14-18-28/h3-19H,20-21H2,1-2H3/b29-19+. The number of benzene rings is 3. The maximum atomic E-state index is 13.7. The Morgan fingerprint density at radius 3 is 2.21 bits per heavy atom. The van der Waals surface area contributed by atoms with Crippen LogP contribution in [0.2, 0.25) is 5.02 Å². The minimum atomic E-state index is -3.93. The molecular formula is C32H27ClN2O6S. The molecule has 0 saturated carbocycles. The number of ketones is 1. The van der Waals surface area contributed by atoms with Crippen molar-refractivity contribution in [2.24, 2.45) is 0 Å². The number of furan rings is 1. The van der Waals surface area contributed by atoms with Crippen molar-refractivity contribution in [3.8, 4) is 0 Å².